The van der Waals surface area contributed by atoms with Crippen molar-refractivity contribution in [3.8, 4) is 11.5 Å². The molecule has 0 spiro atoms. The molecule has 0 saturated heterocycles. The van der Waals surface area contributed by atoms with E-state index in [0.29, 0.717) is 35.0 Å². The molecule has 1 aromatic carbocycles. The van der Waals surface area contributed by atoms with Crippen LogP contribution < -0.4 is 10.2 Å². The molecule has 0 unspecified atom stereocenters. The molecule has 3 aromatic rings. The van der Waals surface area contributed by atoms with Gasteiger partial charge in [0, 0.05) is 6.20 Å². The molecule has 0 saturated carbocycles. The molecule has 0 aliphatic carbocycles. The van der Waals surface area contributed by atoms with Crippen molar-refractivity contribution in [3.05, 3.63) is 59.5 Å². The number of rotatable bonds is 5. The third kappa shape index (κ3) is 3.45. The van der Waals surface area contributed by atoms with Gasteiger partial charge in [-0.1, -0.05) is 6.07 Å². The van der Waals surface area contributed by atoms with E-state index in [1.807, 2.05) is 25.1 Å². The number of aryl methyl sites for hydroxylation is 1. The zero-order valence-electron chi connectivity index (χ0n) is 13.9. The first-order chi connectivity index (χ1) is 12.1. The summed E-state index contributed by atoms with van der Waals surface area (Å²) in [5.74, 6) is 0.0797. The predicted molar refractivity (Wildman–Crippen MR) is 94.3 cm³/mol. The number of phenols is 1. The molecule has 25 heavy (non-hydrogen) atoms. The van der Waals surface area contributed by atoms with Crippen LogP contribution >= 0.6 is 0 Å². The van der Waals surface area contributed by atoms with Crippen LogP contribution in [-0.2, 0) is 0 Å². The summed E-state index contributed by atoms with van der Waals surface area (Å²) in [7, 11) is 0. The monoisotopic (exact) mass is 338 g/mol. The minimum absolute atomic E-state index is 0.0596. The van der Waals surface area contributed by atoms with Gasteiger partial charge in [-0.3, -0.25) is 9.20 Å². The largest absolute Gasteiger partial charge is 0.504 e. The van der Waals surface area contributed by atoms with E-state index in [9.17, 15) is 9.90 Å². The molecule has 0 aliphatic rings. The van der Waals surface area contributed by atoms with Gasteiger partial charge in [0.05, 0.1) is 18.5 Å². The maximum Gasteiger partial charge on any atom is 0.290 e. The van der Waals surface area contributed by atoms with Crippen LogP contribution in [0, 0.1) is 6.92 Å². The van der Waals surface area contributed by atoms with Gasteiger partial charge in [0.15, 0.2) is 11.5 Å². The first-order valence-electron chi connectivity index (χ1n) is 7.83. The number of pyridine rings is 1. The Balaban J connectivity index is 1.77. The summed E-state index contributed by atoms with van der Waals surface area (Å²) in [5.41, 5.74) is 4.96. The standard InChI is InChI=1S/C18H18N4O3/c1-3-25-15-10-13(7-8-14(15)23)11-19-21-18(24)17-12(2)20-16-6-4-5-9-22(16)17/h4-11,23H,3H2,1-2H3,(H,21,24)/b19-11+. The smallest absolute Gasteiger partial charge is 0.290 e. The van der Waals surface area contributed by atoms with Crippen LogP contribution in [0.1, 0.15) is 28.7 Å². The minimum atomic E-state index is -0.351. The topological polar surface area (TPSA) is 88.2 Å². The number of carbonyl (C=O) groups is 1. The van der Waals surface area contributed by atoms with Crippen molar-refractivity contribution in [2.24, 2.45) is 5.10 Å². The fourth-order valence-electron chi connectivity index (χ4n) is 2.49. The van der Waals surface area contributed by atoms with E-state index in [-0.39, 0.29) is 11.7 Å². The zero-order chi connectivity index (χ0) is 17.8. The SMILES string of the molecule is CCOc1cc(/C=N/NC(=O)c2c(C)nc3ccccn23)ccc1O. The third-order valence-electron chi connectivity index (χ3n) is 3.58. The summed E-state index contributed by atoms with van der Waals surface area (Å²) in [6.45, 7) is 4.05. The summed E-state index contributed by atoms with van der Waals surface area (Å²) in [6.07, 6.45) is 3.26. The lowest BCUT2D eigenvalue weighted by molar-refractivity contribution is 0.0948. The van der Waals surface area contributed by atoms with Gasteiger partial charge < -0.3 is 9.84 Å². The molecule has 2 heterocycles. The van der Waals surface area contributed by atoms with E-state index < -0.39 is 0 Å². The Morgan fingerprint density at radius 2 is 2.24 bits per heavy atom. The van der Waals surface area contributed by atoms with Crippen molar-refractivity contribution in [2.75, 3.05) is 6.61 Å². The Morgan fingerprint density at radius 1 is 1.40 bits per heavy atom. The van der Waals surface area contributed by atoms with Gasteiger partial charge in [-0.2, -0.15) is 5.10 Å². The fourth-order valence-corrected chi connectivity index (χ4v) is 2.49. The van der Waals surface area contributed by atoms with Gasteiger partial charge in [-0.25, -0.2) is 10.4 Å². The van der Waals surface area contributed by atoms with E-state index >= 15 is 0 Å². The zero-order valence-corrected chi connectivity index (χ0v) is 13.9. The molecule has 0 aliphatic heterocycles. The van der Waals surface area contributed by atoms with Gasteiger partial charge in [-0.05, 0) is 49.7 Å². The maximum absolute atomic E-state index is 12.4. The number of hydrogen-bond acceptors (Lipinski definition) is 5. The molecule has 2 N–H and O–H groups in total. The average molecular weight is 338 g/mol. The summed E-state index contributed by atoms with van der Waals surface area (Å²) in [6, 6.07) is 10.4. The number of imidazole rings is 1. The Bertz CT molecular complexity index is 947. The fraction of sp³-hybridized carbons (Fsp3) is 0.167. The van der Waals surface area contributed by atoms with Gasteiger partial charge in [0.1, 0.15) is 11.3 Å². The molecular weight excluding hydrogens is 320 g/mol. The Hall–Kier alpha value is -3.35. The molecule has 0 atom stereocenters. The van der Waals surface area contributed by atoms with Gasteiger partial charge >= 0.3 is 0 Å². The second kappa shape index (κ2) is 7.04. The average Bonchev–Trinajstić information content (AvgIpc) is 2.93. The highest BCUT2D eigenvalue weighted by Gasteiger charge is 2.15. The van der Waals surface area contributed by atoms with Crippen molar-refractivity contribution in [2.45, 2.75) is 13.8 Å². The lowest BCUT2D eigenvalue weighted by atomic mass is 10.2. The Morgan fingerprint density at radius 3 is 3.04 bits per heavy atom. The van der Waals surface area contributed by atoms with Crippen molar-refractivity contribution in [1.82, 2.24) is 14.8 Å². The second-order valence-corrected chi connectivity index (χ2v) is 5.33. The second-order valence-electron chi connectivity index (χ2n) is 5.33. The molecule has 128 valence electrons. The molecule has 1 amide bonds. The van der Waals surface area contributed by atoms with Crippen LogP contribution in [0.2, 0.25) is 0 Å². The van der Waals surface area contributed by atoms with Crippen molar-refractivity contribution in [3.63, 3.8) is 0 Å². The lowest BCUT2D eigenvalue weighted by Crippen LogP contribution is -2.20. The Kier molecular flexibility index (Phi) is 4.65. The maximum atomic E-state index is 12.4. The van der Waals surface area contributed by atoms with Crippen LogP contribution in [-0.4, -0.2) is 33.2 Å². The number of carbonyl (C=O) groups excluding carboxylic acids is 1. The third-order valence-corrected chi connectivity index (χ3v) is 3.58. The van der Waals surface area contributed by atoms with E-state index in [0.717, 1.165) is 0 Å². The molecule has 7 nitrogen and oxygen atoms in total. The molecule has 0 radical (unpaired) electrons. The number of aromatic nitrogens is 2. The Labute approximate surface area is 144 Å². The van der Waals surface area contributed by atoms with Crippen LogP contribution in [0.15, 0.2) is 47.7 Å². The molecule has 2 aromatic heterocycles. The number of fused-ring (bicyclic) bond motifs is 1. The highest BCUT2D eigenvalue weighted by atomic mass is 16.5. The molecule has 0 fully saturated rings. The van der Waals surface area contributed by atoms with E-state index in [1.54, 1.807) is 29.7 Å². The lowest BCUT2D eigenvalue weighted by Gasteiger charge is -2.06. The summed E-state index contributed by atoms with van der Waals surface area (Å²) >= 11 is 0. The highest BCUT2D eigenvalue weighted by Crippen LogP contribution is 2.26. The first kappa shape index (κ1) is 16.5. The number of nitrogens with zero attached hydrogens (tertiary/aromatic N) is 3. The van der Waals surface area contributed by atoms with E-state index in [2.05, 4.69) is 15.5 Å². The number of phenolic OH excluding ortho intramolecular Hbond substituents is 1. The van der Waals surface area contributed by atoms with Gasteiger partial charge in [0.2, 0.25) is 0 Å². The predicted octanol–water partition coefficient (Wildman–Crippen LogP) is 2.51. The number of amides is 1. The molecule has 7 heteroatoms. The number of hydrazone groups is 1. The molecule has 3 rings (SSSR count). The number of aromatic hydroxyl groups is 1. The van der Waals surface area contributed by atoms with Crippen molar-refractivity contribution in [1.29, 1.82) is 0 Å². The van der Waals surface area contributed by atoms with Crippen LogP contribution in [0.4, 0.5) is 0 Å². The number of benzene rings is 1. The number of ether oxygens (including phenoxy) is 1. The summed E-state index contributed by atoms with van der Waals surface area (Å²) in [5, 5.41) is 13.7. The van der Waals surface area contributed by atoms with Crippen molar-refractivity contribution < 1.29 is 14.6 Å². The normalized spacial score (nSPS) is 11.1. The van der Waals surface area contributed by atoms with E-state index in [4.69, 9.17) is 4.74 Å². The van der Waals surface area contributed by atoms with E-state index in [1.165, 1.54) is 12.3 Å². The highest BCUT2D eigenvalue weighted by molar-refractivity contribution is 5.95. The first-order valence-corrected chi connectivity index (χ1v) is 7.83. The van der Waals surface area contributed by atoms with Gasteiger partial charge in [0.25, 0.3) is 5.91 Å². The van der Waals surface area contributed by atoms with Crippen molar-refractivity contribution >= 4 is 17.8 Å². The minimum Gasteiger partial charge on any atom is -0.504 e. The summed E-state index contributed by atoms with van der Waals surface area (Å²) in [4.78, 5) is 16.8. The number of hydrogen-bond donors (Lipinski definition) is 2. The van der Waals surface area contributed by atoms with Gasteiger partial charge in [-0.15, -0.1) is 0 Å². The van der Waals surface area contributed by atoms with Crippen LogP contribution in [0.25, 0.3) is 5.65 Å². The molecule has 0 bridgehead atoms. The summed E-state index contributed by atoms with van der Waals surface area (Å²) < 4.78 is 7.03. The quantitative estimate of drug-likeness (QED) is 0.553. The van der Waals surface area contributed by atoms with Crippen LogP contribution in [0.3, 0.4) is 0 Å². The molecular formula is C18H18N4O3. The van der Waals surface area contributed by atoms with Crippen LogP contribution in [0.5, 0.6) is 11.5 Å². The number of nitrogens with one attached hydrogen (secondary N) is 1.